The molecule has 0 heterocycles. The van der Waals surface area contributed by atoms with Crippen LogP contribution in [-0.2, 0) is 4.79 Å². The van der Waals surface area contributed by atoms with Gasteiger partial charge in [0.05, 0.1) is 15.6 Å². The minimum Gasteiger partial charge on any atom is -0.491 e. The first-order valence-corrected chi connectivity index (χ1v) is 8.01. The molecule has 0 aromatic heterocycles. The number of hydrogen-bond donors (Lipinski definition) is 1. The molecule has 0 aliphatic carbocycles. The number of carboxylic acids is 1. The molecule has 0 amide bonds. The molecule has 0 unspecified atom stereocenters. The maximum Gasteiger partial charge on any atom is 0.328 e. The van der Waals surface area contributed by atoms with E-state index in [1.54, 1.807) is 6.08 Å². The third-order valence-corrected chi connectivity index (χ3v) is 3.79. The first kappa shape index (κ1) is 17.2. The van der Waals surface area contributed by atoms with Crippen molar-refractivity contribution >= 4 is 43.9 Å². The molecule has 0 fully saturated rings. The van der Waals surface area contributed by atoms with Crippen molar-refractivity contribution in [3.8, 4) is 5.75 Å². The van der Waals surface area contributed by atoms with E-state index in [0.29, 0.717) is 12.5 Å². The van der Waals surface area contributed by atoms with Gasteiger partial charge in [-0.3, -0.25) is 0 Å². The third kappa shape index (κ3) is 6.09. The summed E-state index contributed by atoms with van der Waals surface area (Å²) in [6.45, 7) is 5.05. The van der Waals surface area contributed by atoms with E-state index in [2.05, 4.69) is 45.7 Å². The Morgan fingerprint density at radius 1 is 1.35 bits per heavy atom. The summed E-state index contributed by atoms with van der Waals surface area (Å²) >= 11 is 6.90. The zero-order chi connectivity index (χ0) is 15.1. The molecule has 110 valence electrons. The fourth-order valence-corrected chi connectivity index (χ4v) is 3.10. The Balaban J connectivity index is 2.71. The third-order valence-electron chi connectivity index (χ3n) is 2.61. The first-order chi connectivity index (χ1) is 9.40. The summed E-state index contributed by atoms with van der Waals surface area (Å²) in [6, 6.07) is 3.67. The number of aliphatic carboxylic acids is 1. The van der Waals surface area contributed by atoms with Gasteiger partial charge in [0, 0.05) is 6.08 Å². The second kappa shape index (κ2) is 8.47. The van der Waals surface area contributed by atoms with Crippen molar-refractivity contribution in [1.29, 1.82) is 0 Å². The van der Waals surface area contributed by atoms with Gasteiger partial charge in [-0.25, -0.2) is 4.79 Å². The number of carbonyl (C=O) groups is 1. The molecule has 0 aliphatic heterocycles. The quantitative estimate of drug-likeness (QED) is 0.505. The van der Waals surface area contributed by atoms with E-state index in [0.717, 1.165) is 39.2 Å². The molecule has 0 bridgehead atoms. The maximum atomic E-state index is 10.5. The van der Waals surface area contributed by atoms with Crippen LogP contribution in [0.3, 0.4) is 0 Å². The molecule has 0 aliphatic rings. The van der Waals surface area contributed by atoms with Crippen molar-refractivity contribution in [2.75, 3.05) is 6.61 Å². The van der Waals surface area contributed by atoms with Gasteiger partial charge in [-0.15, -0.1) is 0 Å². The van der Waals surface area contributed by atoms with Gasteiger partial charge in [-0.1, -0.05) is 13.8 Å². The molecule has 0 spiro atoms. The SMILES string of the molecule is CC(C)CCCOc1c(Br)cc(/C=C/C(=O)O)cc1Br. The van der Waals surface area contributed by atoms with E-state index in [9.17, 15) is 4.79 Å². The molecule has 1 aromatic carbocycles. The van der Waals surface area contributed by atoms with Gasteiger partial charge in [0.2, 0.25) is 0 Å². The van der Waals surface area contributed by atoms with Gasteiger partial charge in [-0.2, -0.15) is 0 Å². The minimum absolute atomic E-state index is 0.666. The van der Waals surface area contributed by atoms with Crippen LogP contribution >= 0.6 is 31.9 Å². The van der Waals surface area contributed by atoms with E-state index >= 15 is 0 Å². The van der Waals surface area contributed by atoms with Crippen molar-refractivity contribution in [2.24, 2.45) is 5.92 Å². The highest BCUT2D eigenvalue weighted by molar-refractivity contribution is 9.11. The van der Waals surface area contributed by atoms with Crippen molar-refractivity contribution in [3.63, 3.8) is 0 Å². The lowest BCUT2D eigenvalue weighted by Crippen LogP contribution is -2.01. The Morgan fingerprint density at radius 3 is 2.45 bits per heavy atom. The molecule has 0 saturated carbocycles. The number of ether oxygens (including phenoxy) is 1. The average Bonchev–Trinajstić information content (AvgIpc) is 2.34. The highest BCUT2D eigenvalue weighted by atomic mass is 79.9. The Morgan fingerprint density at radius 2 is 1.95 bits per heavy atom. The molecule has 0 saturated heterocycles. The minimum atomic E-state index is -0.966. The van der Waals surface area contributed by atoms with Gasteiger partial charge in [0.25, 0.3) is 0 Å². The summed E-state index contributed by atoms with van der Waals surface area (Å²) in [5, 5.41) is 8.62. The smallest absolute Gasteiger partial charge is 0.328 e. The van der Waals surface area contributed by atoms with Crippen LogP contribution in [0.15, 0.2) is 27.2 Å². The number of rotatable bonds is 7. The Kier molecular flexibility index (Phi) is 7.30. The Hall–Kier alpha value is -0.810. The molecule has 20 heavy (non-hydrogen) atoms. The molecular formula is C15H18Br2O3. The lowest BCUT2D eigenvalue weighted by atomic mass is 10.1. The lowest BCUT2D eigenvalue weighted by Gasteiger charge is -2.12. The van der Waals surface area contributed by atoms with E-state index in [1.165, 1.54) is 0 Å². The highest BCUT2D eigenvalue weighted by Gasteiger charge is 2.08. The lowest BCUT2D eigenvalue weighted by molar-refractivity contribution is -0.131. The van der Waals surface area contributed by atoms with Gasteiger partial charge in [-0.05, 0) is 74.4 Å². The monoisotopic (exact) mass is 404 g/mol. The van der Waals surface area contributed by atoms with Gasteiger partial charge in [0.1, 0.15) is 5.75 Å². The van der Waals surface area contributed by atoms with Crippen LogP contribution in [0.1, 0.15) is 32.3 Å². The summed E-state index contributed by atoms with van der Waals surface area (Å²) in [7, 11) is 0. The molecule has 1 aromatic rings. The topological polar surface area (TPSA) is 46.5 Å². The fraction of sp³-hybridized carbons (Fsp3) is 0.400. The number of benzene rings is 1. The normalized spacial score (nSPS) is 11.2. The summed E-state index contributed by atoms with van der Waals surface area (Å²) in [5.41, 5.74) is 0.792. The fourth-order valence-electron chi connectivity index (χ4n) is 1.65. The number of halogens is 2. The second-order valence-electron chi connectivity index (χ2n) is 4.87. The Bertz CT molecular complexity index is 473. The van der Waals surface area contributed by atoms with Gasteiger partial charge >= 0.3 is 5.97 Å². The molecule has 5 heteroatoms. The summed E-state index contributed by atoms with van der Waals surface area (Å²) < 4.78 is 7.38. The van der Waals surface area contributed by atoms with Crippen LogP contribution in [0, 0.1) is 5.92 Å². The van der Waals surface area contributed by atoms with Crippen LogP contribution in [0.2, 0.25) is 0 Å². The molecule has 1 N–H and O–H groups in total. The molecule has 1 rings (SSSR count). The standard InChI is InChI=1S/C15H18Br2O3/c1-10(2)4-3-7-20-15-12(16)8-11(9-13(15)17)5-6-14(18)19/h5-6,8-10H,3-4,7H2,1-2H3,(H,18,19)/b6-5+. The van der Waals surface area contributed by atoms with Gasteiger partial charge < -0.3 is 9.84 Å². The van der Waals surface area contributed by atoms with E-state index in [4.69, 9.17) is 9.84 Å². The van der Waals surface area contributed by atoms with Crippen LogP contribution in [0.5, 0.6) is 5.75 Å². The van der Waals surface area contributed by atoms with Crippen LogP contribution in [-0.4, -0.2) is 17.7 Å². The van der Waals surface area contributed by atoms with Crippen molar-refractivity contribution < 1.29 is 14.6 Å². The van der Waals surface area contributed by atoms with Crippen molar-refractivity contribution in [1.82, 2.24) is 0 Å². The molecular weight excluding hydrogens is 388 g/mol. The van der Waals surface area contributed by atoms with Gasteiger partial charge in [0.15, 0.2) is 0 Å². The summed E-state index contributed by atoms with van der Waals surface area (Å²) in [6.07, 6.45) is 4.80. The number of hydrogen-bond acceptors (Lipinski definition) is 2. The van der Waals surface area contributed by atoms with Crippen molar-refractivity contribution in [3.05, 3.63) is 32.7 Å². The molecule has 0 atom stereocenters. The zero-order valence-electron chi connectivity index (χ0n) is 11.5. The number of carboxylic acid groups (broad SMARTS) is 1. The summed E-state index contributed by atoms with van der Waals surface area (Å²) in [5.74, 6) is 0.460. The second-order valence-corrected chi connectivity index (χ2v) is 6.58. The van der Waals surface area contributed by atoms with E-state index < -0.39 is 5.97 Å². The predicted molar refractivity (Wildman–Crippen MR) is 88.1 cm³/mol. The van der Waals surface area contributed by atoms with Crippen molar-refractivity contribution in [2.45, 2.75) is 26.7 Å². The Labute approximate surface area is 136 Å². The van der Waals surface area contributed by atoms with Crippen LogP contribution in [0.25, 0.3) is 6.08 Å². The van der Waals surface area contributed by atoms with Crippen LogP contribution < -0.4 is 4.74 Å². The predicted octanol–water partition coefficient (Wildman–Crippen LogP) is 5.12. The van der Waals surface area contributed by atoms with E-state index in [-0.39, 0.29) is 0 Å². The average molecular weight is 406 g/mol. The maximum absolute atomic E-state index is 10.5. The molecule has 3 nitrogen and oxygen atoms in total. The van der Waals surface area contributed by atoms with Crippen LogP contribution in [0.4, 0.5) is 0 Å². The summed E-state index contributed by atoms with van der Waals surface area (Å²) in [4.78, 5) is 10.5. The highest BCUT2D eigenvalue weighted by Crippen LogP contribution is 2.35. The zero-order valence-corrected chi connectivity index (χ0v) is 14.7. The van der Waals surface area contributed by atoms with E-state index in [1.807, 2.05) is 12.1 Å². The molecule has 0 radical (unpaired) electrons. The largest absolute Gasteiger partial charge is 0.491 e. The first-order valence-electron chi connectivity index (χ1n) is 6.43.